The summed E-state index contributed by atoms with van der Waals surface area (Å²) < 4.78 is 7.57. The minimum absolute atomic E-state index is 0.0793. The third-order valence-electron chi connectivity index (χ3n) is 3.46. The fourth-order valence-electron chi connectivity index (χ4n) is 2.32. The van der Waals surface area contributed by atoms with Crippen LogP contribution in [0, 0.1) is 0 Å². The molecule has 2 rings (SSSR count). The van der Waals surface area contributed by atoms with Gasteiger partial charge in [0.15, 0.2) is 0 Å². The number of piperidine rings is 1. The molecular weight excluding hydrogens is 404 g/mol. The molecule has 1 saturated heterocycles. The third-order valence-corrected chi connectivity index (χ3v) is 4.58. The SMILES string of the molecule is O=C(O)CCOC1CCN(Cc2ncc(Br)cc2Br)CC1. The maximum Gasteiger partial charge on any atom is 0.305 e. The highest BCUT2D eigenvalue weighted by Gasteiger charge is 2.20. The van der Waals surface area contributed by atoms with Crippen LogP contribution in [0.3, 0.4) is 0 Å². The summed E-state index contributed by atoms with van der Waals surface area (Å²) in [6, 6.07) is 2.00. The van der Waals surface area contributed by atoms with Crippen LogP contribution in [-0.2, 0) is 16.1 Å². The largest absolute Gasteiger partial charge is 0.481 e. The summed E-state index contributed by atoms with van der Waals surface area (Å²) in [5.74, 6) is -0.807. The Kier molecular flexibility index (Phi) is 6.60. The van der Waals surface area contributed by atoms with Crippen molar-refractivity contribution in [3.05, 3.63) is 26.9 Å². The number of pyridine rings is 1. The normalized spacial score (nSPS) is 17.0. The summed E-state index contributed by atoms with van der Waals surface area (Å²) in [5.41, 5.74) is 1.03. The van der Waals surface area contributed by atoms with Crippen LogP contribution >= 0.6 is 31.9 Å². The topological polar surface area (TPSA) is 62.7 Å². The molecule has 1 fully saturated rings. The molecule has 0 saturated carbocycles. The van der Waals surface area contributed by atoms with Gasteiger partial charge in [-0.2, -0.15) is 0 Å². The van der Waals surface area contributed by atoms with Gasteiger partial charge in [-0.1, -0.05) is 0 Å². The number of hydrogen-bond donors (Lipinski definition) is 1. The van der Waals surface area contributed by atoms with Crippen LogP contribution in [0.25, 0.3) is 0 Å². The zero-order valence-corrected chi connectivity index (χ0v) is 14.8. The van der Waals surface area contributed by atoms with E-state index in [9.17, 15) is 4.79 Å². The molecule has 21 heavy (non-hydrogen) atoms. The molecule has 0 radical (unpaired) electrons. The lowest BCUT2D eigenvalue weighted by Gasteiger charge is -2.31. The van der Waals surface area contributed by atoms with Crippen molar-refractivity contribution >= 4 is 37.8 Å². The van der Waals surface area contributed by atoms with Crippen LogP contribution in [0.5, 0.6) is 0 Å². The predicted molar refractivity (Wildman–Crippen MR) is 86.1 cm³/mol. The maximum absolute atomic E-state index is 10.4. The Hall–Kier alpha value is -0.500. The summed E-state index contributed by atoms with van der Waals surface area (Å²) in [6.45, 7) is 3.01. The van der Waals surface area contributed by atoms with Crippen molar-refractivity contribution in [1.29, 1.82) is 0 Å². The van der Waals surface area contributed by atoms with Crippen molar-refractivity contribution in [2.45, 2.75) is 31.9 Å². The first kappa shape index (κ1) is 16.9. The van der Waals surface area contributed by atoms with Gasteiger partial charge in [0.2, 0.25) is 0 Å². The zero-order chi connectivity index (χ0) is 15.2. The number of halogens is 2. The number of aliphatic carboxylic acids is 1. The lowest BCUT2D eigenvalue weighted by atomic mass is 10.1. The van der Waals surface area contributed by atoms with E-state index in [1.165, 1.54) is 0 Å². The molecule has 0 spiro atoms. The molecule has 0 bridgehead atoms. The Bertz CT molecular complexity index is 491. The summed E-state index contributed by atoms with van der Waals surface area (Å²) in [7, 11) is 0. The first-order valence-corrected chi connectivity index (χ1v) is 8.49. The van der Waals surface area contributed by atoms with Crippen LogP contribution in [0.4, 0.5) is 0 Å². The molecule has 2 heterocycles. The molecule has 0 amide bonds. The fourth-order valence-corrected chi connectivity index (χ4v) is 3.43. The first-order valence-electron chi connectivity index (χ1n) is 6.90. The maximum atomic E-state index is 10.4. The molecule has 0 unspecified atom stereocenters. The van der Waals surface area contributed by atoms with Crippen molar-refractivity contribution in [2.75, 3.05) is 19.7 Å². The van der Waals surface area contributed by atoms with Gasteiger partial charge in [-0.25, -0.2) is 0 Å². The van der Waals surface area contributed by atoms with E-state index in [0.29, 0.717) is 6.61 Å². The van der Waals surface area contributed by atoms with E-state index in [4.69, 9.17) is 9.84 Å². The van der Waals surface area contributed by atoms with Gasteiger partial charge in [0, 0.05) is 34.8 Å². The zero-order valence-electron chi connectivity index (χ0n) is 11.6. The van der Waals surface area contributed by atoms with Crippen molar-refractivity contribution in [3.63, 3.8) is 0 Å². The third kappa shape index (κ3) is 5.65. The predicted octanol–water partition coefficient (Wildman–Crippen LogP) is 3.06. The lowest BCUT2D eigenvalue weighted by molar-refractivity contribution is -0.138. The van der Waals surface area contributed by atoms with Crippen molar-refractivity contribution in [1.82, 2.24) is 9.88 Å². The van der Waals surface area contributed by atoms with E-state index in [-0.39, 0.29) is 12.5 Å². The summed E-state index contributed by atoms with van der Waals surface area (Å²) in [4.78, 5) is 17.2. The van der Waals surface area contributed by atoms with E-state index in [1.807, 2.05) is 12.3 Å². The Labute approximate surface area is 140 Å². The number of ether oxygens (including phenoxy) is 1. The molecular formula is C14H18Br2N2O3. The van der Waals surface area contributed by atoms with E-state index >= 15 is 0 Å². The molecule has 7 heteroatoms. The number of nitrogens with zero attached hydrogens (tertiary/aromatic N) is 2. The van der Waals surface area contributed by atoms with Gasteiger partial charge >= 0.3 is 5.97 Å². The number of rotatable bonds is 6. The molecule has 1 aliphatic heterocycles. The Balaban J connectivity index is 1.75. The second-order valence-corrected chi connectivity index (χ2v) is 6.84. The molecule has 116 valence electrons. The number of carboxylic acid groups (broad SMARTS) is 1. The lowest BCUT2D eigenvalue weighted by Crippen LogP contribution is -2.37. The molecule has 0 aromatic carbocycles. The van der Waals surface area contributed by atoms with Gasteiger partial charge in [-0.3, -0.25) is 14.7 Å². The Morgan fingerprint density at radius 1 is 1.43 bits per heavy atom. The number of hydrogen-bond acceptors (Lipinski definition) is 4. The summed E-state index contributed by atoms with van der Waals surface area (Å²) >= 11 is 6.93. The smallest absolute Gasteiger partial charge is 0.305 e. The first-order chi connectivity index (χ1) is 10.0. The van der Waals surface area contributed by atoms with E-state index in [1.54, 1.807) is 0 Å². The van der Waals surface area contributed by atoms with Crippen molar-refractivity contribution < 1.29 is 14.6 Å². The molecule has 1 aromatic rings. The molecule has 0 aliphatic carbocycles. The molecule has 5 nitrogen and oxygen atoms in total. The molecule has 1 aromatic heterocycles. The van der Waals surface area contributed by atoms with Crippen molar-refractivity contribution in [2.24, 2.45) is 0 Å². The monoisotopic (exact) mass is 420 g/mol. The number of carbonyl (C=O) groups is 1. The van der Waals surface area contributed by atoms with Crippen molar-refractivity contribution in [3.8, 4) is 0 Å². The average molecular weight is 422 g/mol. The van der Waals surface area contributed by atoms with Gasteiger partial charge < -0.3 is 9.84 Å². The van der Waals surface area contributed by atoms with E-state index in [0.717, 1.165) is 47.1 Å². The van der Waals surface area contributed by atoms with Crippen LogP contribution in [0.2, 0.25) is 0 Å². The Morgan fingerprint density at radius 3 is 2.76 bits per heavy atom. The van der Waals surface area contributed by atoms with Crippen LogP contribution in [-0.4, -0.2) is 46.8 Å². The second kappa shape index (κ2) is 8.22. The highest BCUT2D eigenvalue weighted by atomic mass is 79.9. The average Bonchev–Trinajstić information content (AvgIpc) is 2.43. The molecule has 1 N–H and O–H groups in total. The van der Waals surface area contributed by atoms with Gasteiger partial charge in [0.25, 0.3) is 0 Å². The van der Waals surface area contributed by atoms with Crippen LogP contribution in [0.1, 0.15) is 25.0 Å². The number of aromatic nitrogens is 1. The Morgan fingerprint density at radius 2 is 2.14 bits per heavy atom. The van der Waals surface area contributed by atoms with Crippen LogP contribution < -0.4 is 0 Å². The minimum atomic E-state index is -0.807. The molecule has 1 aliphatic rings. The summed E-state index contributed by atoms with van der Waals surface area (Å²) in [6.07, 6.45) is 3.95. The summed E-state index contributed by atoms with van der Waals surface area (Å²) in [5, 5.41) is 8.59. The number of likely N-dealkylation sites (tertiary alicyclic amines) is 1. The fraction of sp³-hybridized carbons (Fsp3) is 0.571. The highest BCUT2D eigenvalue weighted by molar-refractivity contribution is 9.11. The molecule has 0 atom stereocenters. The van der Waals surface area contributed by atoms with Gasteiger partial charge in [0.05, 0.1) is 24.8 Å². The van der Waals surface area contributed by atoms with Gasteiger partial charge in [0.1, 0.15) is 0 Å². The van der Waals surface area contributed by atoms with E-state index in [2.05, 4.69) is 41.7 Å². The highest BCUT2D eigenvalue weighted by Crippen LogP contribution is 2.22. The quantitative estimate of drug-likeness (QED) is 0.764. The van der Waals surface area contributed by atoms with Gasteiger partial charge in [-0.05, 0) is 50.8 Å². The minimum Gasteiger partial charge on any atom is -0.481 e. The second-order valence-electron chi connectivity index (χ2n) is 5.07. The standard InChI is InChI=1S/C14H18Br2N2O3/c15-10-7-12(16)13(17-8-10)9-18-4-1-11(2-5-18)21-6-3-14(19)20/h7-8,11H,1-6,9H2,(H,19,20). The number of carboxylic acids is 1. The van der Waals surface area contributed by atoms with Crippen LogP contribution in [0.15, 0.2) is 21.2 Å². The van der Waals surface area contributed by atoms with Gasteiger partial charge in [-0.15, -0.1) is 0 Å². The van der Waals surface area contributed by atoms with E-state index < -0.39 is 5.97 Å².